The van der Waals surface area contributed by atoms with Crippen molar-refractivity contribution in [2.45, 2.75) is 85.1 Å². The highest BCUT2D eigenvalue weighted by Crippen LogP contribution is 2.36. The van der Waals surface area contributed by atoms with Crippen molar-refractivity contribution in [3.8, 4) is 0 Å². The van der Waals surface area contributed by atoms with Crippen LogP contribution in [0.1, 0.15) is 88.0 Å². The number of fused-ring (bicyclic) bond motifs is 1. The van der Waals surface area contributed by atoms with Gasteiger partial charge in [0.15, 0.2) is 11.6 Å². The first-order valence-electron chi connectivity index (χ1n) is 10.2. The number of aliphatic imine (C=N–C) groups is 1. The molecule has 6 heteroatoms. The van der Waals surface area contributed by atoms with E-state index >= 15 is 0 Å². The summed E-state index contributed by atoms with van der Waals surface area (Å²) in [7, 11) is 0. The van der Waals surface area contributed by atoms with Gasteiger partial charge < -0.3 is 9.63 Å². The molecule has 1 heterocycles. The number of Topliss-reactive ketones (excluding diaryl/α,β-unsaturated/α-hetero) is 2. The van der Waals surface area contributed by atoms with E-state index in [1.165, 1.54) is 0 Å². The van der Waals surface area contributed by atoms with Gasteiger partial charge >= 0.3 is 0 Å². The smallest absolute Gasteiger partial charge is 0.168 e. The molecule has 1 N–H and O–H groups in total. The maximum Gasteiger partial charge on any atom is 0.168 e. The molecule has 0 saturated heterocycles. The number of rotatable bonds is 5. The van der Waals surface area contributed by atoms with Crippen LogP contribution >= 0.6 is 0 Å². The molecule has 2 aliphatic rings. The average molecular weight is 386 g/mol. The third kappa shape index (κ3) is 4.26. The van der Waals surface area contributed by atoms with Crippen LogP contribution < -0.4 is 0 Å². The molecule has 1 aromatic rings. The molecule has 0 aromatic carbocycles. The van der Waals surface area contributed by atoms with Gasteiger partial charge in [-0.25, -0.2) is 0 Å². The standard InChI is InChI=1S/C22H30N2O4/c1-5-13(2)23-15-11-22(3,4)12-18(27)20(15)17(26)10-9-14-21-16(25)7-6-8-19(21)28-24-14/h13,26H,5-12H2,1-4H3. The molecule has 28 heavy (non-hydrogen) atoms. The van der Waals surface area contributed by atoms with Gasteiger partial charge in [-0.3, -0.25) is 14.6 Å². The average Bonchev–Trinajstić information content (AvgIpc) is 3.03. The molecular formula is C22H30N2O4. The van der Waals surface area contributed by atoms with Crippen LogP contribution in [0.25, 0.3) is 0 Å². The lowest BCUT2D eigenvalue weighted by Crippen LogP contribution is -2.33. The molecule has 1 atom stereocenters. The maximum absolute atomic E-state index is 12.8. The SMILES string of the molecule is CCC(C)N=C1CC(C)(C)CC(=O)C1=C(O)CCc1noc2c1C(=O)CCC2. The number of nitrogens with zero attached hydrogens (tertiary/aromatic N) is 2. The Morgan fingerprint density at radius 3 is 2.71 bits per heavy atom. The number of hydrogen-bond donors (Lipinski definition) is 1. The first-order chi connectivity index (χ1) is 13.2. The second-order valence-electron chi connectivity index (χ2n) is 8.80. The van der Waals surface area contributed by atoms with Crippen LogP contribution in [0.5, 0.6) is 0 Å². The van der Waals surface area contributed by atoms with Crippen LogP contribution in [-0.2, 0) is 17.6 Å². The van der Waals surface area contributed by atoms with Crippen molar-refractivity contribution in [1.29, 1.82) is 0 Å². The van der Waals surface area contributed by atoms with E-state index in [0.29, 0.717) is 54.0 Å². The van der Waals surface area contributed by atoms with Crippen LogP contribution in [0.2, 0.25) is 0 Å². The Hall–Kier alpha value is -2.24. The highest BCUT2D eigenvalue weighted by molar-refractivity contribution is 6.24. The Kier molecular flexibility index (Phi) is 5.87. The van der Waals surface area contributed by atoms with Crippen molar-refractivity contribution in [2.24, 2.45) is 10.4 Å². The summed E-state index contributed by atoms with van der Waals surface area (Å²) in [6.07, 6.45) is 4.56. The number of aromatic nitrogens is 1. The number of aryl methyl sites for hydroxylation is 2. The molecule has 1 saturated carbocycles. The second-order valence-corrected chi connectivity index (χ2v) is 8.80. The molecule has 6 nitrogen and oxygen atoms in total. The third-order valence-corrected chi connectivity index (χ3v) is 5.63. The minimum Gasteiger partial charge on any atom is -0.511 e. The molecule has 1 fully saturated rings. The zero-order valence-electron chi connectivity index (χ0n) is 17.3. The van der Waals surface area contributed by atoms with Gasteiger partial charge in [-0.05, 0) is 31.6 Å². The van der Waals surface area contributed by atoms with Crippen LogP contribution in [0.4, 0.5) is 0 Å². The van der Waals surface area contributed by atoms with E-state index in [9.17, 15) is 14.7 Å². The molecule has 0 radical (unpaired) electrons. The van der Waals surface area contributed by atoms with E-state index in [4.69, 9.17) is 9.52 Å². The molecule has 0 bridgehead atoms. The zero-order chi connectivity index (χ0) is 20.5. The van der Waals surface area contributed by atoms with Gasteiger partial charge in [0, 0.05) is 43.9 Å². The lowest BCUT2D eigenvalue weighted by molar-refractivity contribution is -0.117. The van der Waals surface area contributed by atoms with Gasteiger partial charge in [0.05, 0.1) is 16.8 Å². The highest BCUT2D eigenvalue weighted by Gasteiger charge is 2.36. The summed E-state index contributed by atoms with van der Waals surface area (Å²) in [5.41, 5.74) is 2.06. The fourth-order valence-electron chi connectivity index (χ4n) is 4.00. The van der Waals surface area contributed by atoms with E-state index in [1.54, 1.807) is 0 Å². The Morgan fingerprint density at radius 1 is 1.25 bits per heavy atom. The van der Waals surface area contributed by atoms with Crippen molar-refractivity contribution in [3.05, 3.63) is 28.3 Å². The number of aliphatic hydroxyl groups is 1. The number of hydrogen-bond acceptors (Lipinski definition) is 6. The maximum atomic E-state index is 12.8. The van der Waals surface area contributed by atoms with Crippen LogP contribution in [-0.4, -0.2) is 33.6 Å². The predicted molar refractivity (Wildman–Crippen MR) is 107 cm³/mol. The number of carbonyl (C=O) groups excluding carboxylic acids is 2. The number of ketones is 2. The molecule has 0 amide bonds. The molecule has 0 aliphatic heterocycles. The van der Waals surface area contributed by atoms with Gasteiger partial charge in [-0.2, -0.15) is 0 Å². The topological polar surface area (TPSA) is 92.8 Å². The van der Waals surface area contributed by atoms with Crippen LogP contribution in [0, 0.1) is 5.41 Å². The minimum absolute atomic E-state index is 0.0440. The van der Waals surface area contributed by atoms with Gasteiger partial charge in [0.2, 0.25) is 0 Å². The highest BCUT2D eigenvalue weighted by atomic mass is 16.5. The largest absolute Gasteiger partial charge is 0.511 e. The Balaban J connectivity index is 1.86. The molecule has 1 unspecified atom stereocenters. The molecule has 1 aromatic heterocycles. The Bertz CT molecular complexity index is 845. The Morgan fingerprint density at radius 2 is 2.00 bits per heavy atom. The van der Waals surface area contributed by atoms with Crippen molar-refractivity contribution >= 4 is 17.3 Å². The van der Waals surface area contributed by atoms with E-state index < -0.39 is 0 Å². The minimum atomic E-state index is -0.162. The first-order valence-corrected chi connectivity index (χ1v) is 10.2. The predicted octanol–water partition coefficient (Wildman–Crippen LogP) is 4.57. The number of aliphatic hydroxyl groups excluding tert-OH is 1. The van der Waals surface area contributed by atoms with E-state index in [2.05, 4.69) is 25.9 Å². The summed E-state index contributed by atoms with van der Waals surface area (Å²) >= 11 is 0. The fraction of sp³-hybridized carbons (Fsp3) is 0.636. The summed E-state index contributed by atoms with van der Waals surface area (Å²) < 4.78 is 5.31. The van der Waals surface area contributed by atoms with Crippen LogP contribution in [0.15, 0.2) is 20.8 Å². The third-order valence-electron chi connectivity index (χ3n) is 5.63. The second kappa shape index (κ2) is 8.02. The van der Waals surface area contributed by atoms with Crippen molar-refractivity contribution in [3.63, 3.8) is 0 Å². The molecule has 152 valence electrons. The van der Waals surface area contributed by atoms with Gasteiger partial charge in [-0.1, -0.05) is 25.9 Å². The van der Waals surface area contributed by atoms with Gasteiger partial charge in [-0.15, -0.1) is 0 Å². The summed E-state index contributed by atoms with van der Waals surface area (Å²) in [6.45, 7) is 8.18. The summed E-state index contributed by atoms with van der Waals surface area (Å²) in [4.78, 5) is 29.7. The zero-order valence-corrected chi connectivity index (χ0v) is 17.3. The van der Waals surface area contributed by atoms with Crippen molar-refractivity contribution in [1.82, 2.24) is 5.16 Å². The molecule has 2 aliphatic carbocycles. The van der Waals surface area contributed by atoms with E-state index in [1.807, 2.05) is 6.92 Å². The normalized spacial score (nSPS) is 23.6. The van der Waals surface area contributed by atoms with Crippen molar-refractivity contribution in [2.75, 3.05) is 0 Å². The molecular weight excluding hydrogens is 356 g/mol. The Labute approximate surface area is 166 Å². The first kappa shape index (κ1) is 20.5. The summed E-state index contributed by atoms with van der Waals surface area (Å²) in [5, 5.41) is 14.8. The number of allylic oxidation sites excluding steroid dienone is 2. The monoisotopic (exact) mass is 386 g/mol. The summed E-state index contributed by atoms with van der Waals surface area (Å²) in [5.74, 6) is 0.684. The van der Waals surface area contributed by atoms with Crippen molar-refractivity contribution < 1.29 is 19.2 Å². The number of carbonyl (C=O) groups is 2. The van der Waals surface area contributed by atoms with E-state index in [-0.39, 0.29) is 35.2 Å². The van der Waals surface area contributed by atoms with Gasteiger partial charge in [0.1, 0.15) is 11.5 Å². The summed E-state index contributed by atoms with van der Waals surface area (Å²) in [6, 6.07) is 0.0969. The quantitative estimate of drug-likeness (QED) is 0.591. The fourth-order valence-corrected chi connectivity index (χ4v) is 4.00. The van der Waals surface area contributed by atoms with Crippen LogP contribution in [0.3, 0.4) is 0 Å². The lowest BCUT2D eigenvalue weighted by Gasteiger charge is -2.32. The molecule has 3 rings (SSSR count). The van der Waals surface area contributed by atoms with E-state index in [0.717, 1.165) is 19.3 Å². The van der Waals surface area contributed by atoms with Gasteiger partial charge in [0.25, 0.3) is 0 Å². The molecule has 0 spiro atoms. The lowest BCUT2D eigenvalue weighted by atomic mass is 9.73.